The molecule has 0 radical (unpaired) electrons. The highest BCUT2D eigenvalue weighted by Gasteiger charge is 2.25. The van der Waals surface area contributed by atoms with Gasteiger partial charge >= 0.3 is 0 Å². The Hall–Kier alpha value is -8.54. The molecule has 0 atom stereocenters. The minimum absolute atomic E-state index is 0.642. The van der Waals surface area contributed by atoms with Gasteiger partial charge < -0.3 is 9.13 Å². The maximum atomic E-state index is 5.53. The van der Waals surface area contributed by atoms with Crippen LogP contribution in [0.5, 0.6) is 0 Å². The molecular weight excluding hydrogens is 767 g/mol. The highest BCUT2D eigenvalue weighted by Crippen LogP contribution is 2.46. The summed E-state index contributed by atoms with van der Waals surface area (Å²) in [7, 11) is 0. The maximum Gasteiger partial charge on any atom is 0.235 e. The van der Waals surface area contributed by atoms with E-state index >= 15 is 0 Å². The second-order valence-corrected chi connectivity index (χ2v) is 16.5. The van der Waals surface area contributed by atoms with Crippen molar-refractivity contribution in [2.24, 2.45) is 0 Å². The standard InChI is InChI=1S/C58H35N5/c1-2-14-36(15-3-1)37-26-28-38(29-27-37)57-43-20-4-9-21-46(43)59-58(60-57)63-53-34-32-51(61-47-22-10-5-16-39(47)40-17-6-11-23-48(40)61)44-30-31-45-52(33-35-54(63)56(45)55(44)53)62-49-24-12-7-18-41(49)42-19-8-13-25-50(42)62/h1-35H. The molecule has 63 heavy (non-hydrogen) atoms. The third kappa shape index (κ3) is 4.82. The van der Waals surface area contributed by atoms with E-state index in [2.05, 4.69) is 226 Å². The zero-order valence-electron chi connectivity index (χ0n) is 33.9. The molecule has 0 aliphatic carbocycles. The van der Waals surface area contributed by atoms with E-state index in [-0.39, 0.29) is 0 Å². The molecule has 0 amide bonds. The second kappa shape index (κ2) is 13.0. The second-order valence-electron chi connectivity index (χ2n) is 16.5. The van der Waals surface area contributed by atoms with Gasteiger partial charge in [-0.15, -0.1) is 0 Å². The third-order valence-electron chi connectivity index (χ3n) is 13.2. The molecule has 0 unspecified atom stereocenters. The number of hydrogen-bond donors (Lipinski definition) is 0. The van der Waals surface area contributed by atoms with Gasteiger partial charge in [0.1, 0.15) is 0 Å². The largest absolute Gasteiger partial charge is 0.309 e. The lowest BCUT2D eigenvalue weighted by Gasteiger charge is -2.15. The summed E-state index contributed by atoms with van der Waals surface area (Å²) in [5, 5.41) is 10.7. The highest BCUT2D eigenvalue weighted by molar-refractivity contribution is 6.28. The van der Waals surface area contributed by atoms with Crippen LogP contribution in [0, 0.1) is 0 Å². The van der Waals surface area contributed by atoms with E-state index in [1.165, 1.54) is 76.3 Å². The van der Waals surface area contributed by atoms with Crippen LogP contribution in [0.3, 0.4) is 0 Å². The number of hydrogen-bond acceptors (Lipinski definition) is 2. The Morgan fingerprint density at radius 1 is 0.254 bits per heavy atom. The number of benzene rings is 10. The summed E-state index contributed by atoms with van der Waals surface area (Å²) in [6.45, 7) is 0. The zero-order chi connectivity index (χ0) is 41.2. The van der Waals surface area contributed by atoms with Crippen molar-refractivity contribution in [3.63, 3.8) is 0 Å². The first kappa shape index (κ1) is 34.2. The van der Waals surface area contributed by atoms with Crippen LogP contribution in [0.4, 0.5) is 0 Å². The summed E-state index contributed by atoms with van der Waals surface area (Å²) < 4.78 is 7.18. The minimum Gasteiger partial charge on any atom is -0.309 e. The number of rotatable bonds is 5. The predicted molar refractivity (Wildman–Crippen MR) is 262 cm³/mol. The summed E-state index contributed by atoms with van der Waals surface area (Å²) in [5.74, 6) is 0.642. The normalized spacial score (nSPS) is 12.1. The van der Waals surface area contributed by atoms with Gasteiger partial charge in [-0.1, -0.05) is 158 Å². The van der Waals surface area contributed by atoms with Crippen molar-refractivity contribution in [2.45, 2.75) is 0 Å². The van der Waals surface area contributed by atoms with Crippen LogP contribution >= 0.6 is 0 Å². The zero-order valence-corrected chi connectivity index (χ0v) is 33.9. The third-order valence-corrected chi connectivity index (χ3v) is 13.2. The molecule has 0 aliphatic rings. The van der Waals surface area contributed by atoms with Crippen molar-refractivity contribution < 1.29 is 0 Å². The van der Waals surface area contributed by atoms with E-state index in [1.54, 1.807) is 0 Å². The number of fused-ring (bicyclic) bond motifs is 7. The molecule has 0 spiro atoms. The maximum absolute atomic E-state index is 5.53. The Morgan fingerprint density at radius 2 is 0.667 bits per heavy atom. The fourth-order valence-electron chi connectivity index (χ4n) is 10.5. The summed E-state index contributed by atoms with van der Waals surface area (Å²) in [6.07, 6.45) is 0. The van der Waals surface area contributed by atoms with Gasteiger partial charge in [-0.05, 0) is 65.7 Å². The molecule has 5 heteroatoms. The van der Waals surface area contributed by atoms with Crippen molar-refractivity contribution in [1.29, 1.82) is 0 Å². The lowest BCUT2D eigenvalue weighted by molar-refractivity contribution is 1.01. The van der Waals surface area contributed by atoms with Gasteiger partial charge in [-0.25, -0.2) is 9.97 Å². The van der Waals surface area contributed by atoms with Crippen LogP contribution in [0.1, 0.15) is 0 Å². The van der Waals surface area contributed by atoms with E-state index < -0.39 is 0 Å². The van der Waals surface area contributed by atoms with Gasteiger partial charge in [0.2, 0.25) is 5.95 Å². The Kier molecular flexibility index (Phi) is 7.05. The van der Waals surface area contributed by atoms with E-state index in [1.807, 2.05) is 0 Å². The lowest BCUT2D eigenvalue weighted by Crippen LogP contribution is -2.04. The van der Waals surface area contributed by atoms with Crippen molar-refractivity contribution >= 4 is 87.1 Å². The number of nitrogens with zero attached hydrogens (tertiary/aromatic N) is 5. The van der Waals surface area contributed by atoms with Crippen LogP contribution in [-0.2, 0) is 0 Å². The average molecular weight is 802 g/mol. The SMILES string of the molecule is c1ccc(-c2ccc(-c3nc(-n4c5ccc(-n6c7ccccc7c7ccccc76)c6ccc7c(-n8c9ccccc9c9ccccc98)ccc4c7c65)nc4ccccc34)cc2)cc1. The molecule has 14 rings (SSSR count). The van der Waals surface area contributed by atoms with Gasteiger partial charge in [0.15, 0.2) is 0 Å². The van der Waals surface area contributed by atoms with Crippen molar-refractivity contribution in [1.82, 2.24) is 23.7 Å². The molecule has 0 N–H and O–H groups in total. The van der Waals surface area contributed by atoms with Crippen LogP contribution < -0.4 is 0 Å². The molecule has 4 heterocycles. The van der Waals surface area contributed by atoms with Crippen LogP contribution in [0.25, 0.3) is 127 Å². The predicted octanol–water partition coefficient (Wildman–Crippen LogP) is 14.8. The first-order valence-electron chi connectivity index (χ1n) is 21.5. The molecular formula is C58H35N5. The Labute approximate surface area is 361 Å². The molecule has 0 aliphatic heterocycles. The molecule has 4 aromatic heterocycles. The van der Waals surface area contributed by atoms with Gasteiger partial charge in [-0.3, -0.25) is 4.57 Å². The van der Waals surface area contributed by atoms with Crippen LogP contribution in [-0.4, -0.2) is 23.7 Å². The summed E-state index contributed by atoms with van der Waals surface area (Å²) in [5.41, 5.74) is 14.4. The smallest absolute Gasteiger partial charge is 0.235 e. The molecule has 0 fully saturated rings. The van der Waals surface area contributed by atoms with E-state index in [0.29, 0.717) is 5.95 Å². The number of aromatic nitrogens is 5. The summed E-state index contributed by atoms with van der Waals surface area (Å²) in [4.78, 5) is 10.9. The van der Waals surface area contributed by atoms with E-state index in [4.69, 9.17) is 9.97 Å². The van der Waals surface area contributed by atoms with E-state index in [0.717, 1.165) is 44.6 Å². The van der Waals surface area contributed by atoms with Crippen molar-refractivity contribution in [3.8, 4) is 39.7 Å². The van der Waals surface area contributed by atoms with E-state index in [9.17, 15) is 0 Å². The molecule has 10 aromatic carbocycles. The van der Waals surface area contributed by atoms with Gasteiger partial charge in [-0.2, -0.15) is 0 Å². The quantitative estimate of drug-likeness (QED) is 0.163. The molecule has 0 bridgehead atoms. The highest BCUT2D eigenvalue weighted by atomic mass is 15.2. The number of para-hydroxylation sites is 5. The first-order valence-corrected chi connectivity index (χ1v) is 21.5. The van der Waals surface area contributed by atoms with Crippen LogP contribution in [0.15, 0.2) is 212 Å². The lowest BCUT2D eigenvalue weighted by atomic mass is 9.99. The monoisotopic (exact) mass is 801 g/mol. The molecule has 0 saturated heterocycles. The Morgan fingerprint density at radius 3 is 1.17 bits per heavy atom. The first-order chi connectivity index (χ1) is 31.3. The topological polar surface area (TPSA) is 40.6 Å². The minimum atomic E-state index is 0.642. The Bertz CT molecular complexity index is 3840. The fraction of sp³-hybridized carbons (Fsp3) is 0. The molecule has 14 aromatic rings. The fourth-order valence-corrected chi connectivity index (χ4v) is 10.5. The summed E-state index contributed by atoms with van der Waals surface area (Å²) in [6, 6.07) is 76.5. The molecule has 0 saturated carbocycles. The molecule has 292 valence electrons. The van der Waals surface area contributed by atoms with Gasteiger partial charge in [0.25, 0.3) is 0 Å². The average Bonchev–Trinajstić information content (AvgIpc) is 4.00. The molecule has 5 nitrogen and oxygen atoms in total. The van der Waals surface area contributed by atoms with Gasteiger partial charge in [0.05, 0.1) is 55.7 Å². The summed E-state index contributed by atoms with van der Waals surface area (Å²) >= 11 is 0. The van der Waals surface area contributed by atoms with Crippen molar-refractivity contribution in [2.75, 3.05) is 0 Å². The van der Waals surface area contributed by atoms with Gasteiger partial charge in [0, 0.05) is 54.0 Å². The van der Waals surface area contributed by atoms with Crippen LogP contribution in [0.2, 0.25) is 0 Å². The Balaban J connectivity index is 1.08. The van der Waals surface area contributed by atoms with Crippen molar-refractivity contribution in [3.05, 3.63) is 212 Å².